The van der Waals surface area contributed by atoms with E-state index in [2.05, 4.69) is 4.98 Å². The van der Waals surface area contributed by atoms with Gasteiger partial charge in [0.15, 0.2) is 0 Å². The molecule has 0 spiro atoms. The van der Waals surface area contributed by atoms with E-state index in [1.54, 1.807) is 25.1 Å². The second-order valence-electron chi connectivity index (χ2n) is 6.12. The van der Waals surface area contributed by atoms with Gasteiger partial charge in [0.25, 0.3) is 0 Å². The number of carbonyl (C=O) groups excluding carboxylic acids is 1. The van der Waals surface area contributed by atoms with Crippen LogP contribution in [-0.4, -0.2) is 29.8 Å². The molecule has 1 aromatic heterocycles. The number of H-pyrrole nitrogens is 1. The maximum atomic E-state index is 12.6. The maximum Gasteiger partial charge on any atom is 0.221 e. The second kappa shape index (κ2) is 7.58. The largest absolute Gasteiger partial charge is 0.488 e. The quantitative estimate of drug-likeness (QED) is 0.418. The molecule has 0 bridgehead atoms. The normalized spacial score (nSPS) is 11.2. The van der Waals surface area contributed by atoms with Gasteiger partial charge in [0.05, 0.1) is 5.69 Å². The van der Waals surface area contributed by atoms with E-state index in [1.807, 2.05) is 54.6 Å². The highest BCUT2D eigenvalue weighted by atomic mass is 16.5. The summed E-state index contributed by atoms with van der Waals surface area (Å²) in [7, 11) is 3.54. The lowest BCUT2D eigenvalue weighted by Gasteiger charge is -2.07. The van der Waals surface area contributed by atoms with Gasteiger partial charge in [-0.1, -0.05) is 36.4 Å². The zero-order valence-electron chi connectivity index (χ0n) is 14.7. The number of nitriles is 1. The Morgan fingerprint density at radius 1 is 1.19 bits per heavy atom. The monoisotopic (exact) mass is 345 g/mol. The van der Waals surface area contributed by atoms with Crippen LogP contribution in [0, 0.1) is 11.3 Å². The smallest absolute Gasteiger partial charge is 0.221 e. The molecule has 130 valence electrons. The summed E-state index contributed by atoms with van der Waals surface area (Å²) in [6.07, 6.45) is 1.51. The number of Topliss-reactive ketones (excluding diaryl/α,β-unsaturated/α-hetero) is 1. The van der Waals surface area contributed by atoms with Crippen molar-refractivity contribution < 1.29 is 9.53 Å². The van der Waals surface area contributed by atoms with Crippen molar-refractivity contribution in [3.8, 4) is 11.8 Å². The second-order valence-corrected chi connectivity index (χ2v) is 6.12. The Balaban J connectivity index is 1.89. The van der Waals surface area contributed by atoms with Crippen LogP contribution in [0.15, 0.2) is 66.4 Å². The van der Waals surface area contributed by atoms with E-state index in [9.17, 15) is 10.1 Å². The number of rotatable bonds is 6. The molecule has 0 atom stereocenters. The van der Waals surface area contributed by atoms with Gasteiger partial charge in [-0.2, -0.15) is 5.26 Å². The van der Waals surface area contributed by atoms with Crippen LogP contribution in [0.3, 0.4) is 0 Å². The van der Waals surface area contributed by atoms with Crippen molar-refractivity contribution >= 4 is 16.7 Å². The molecule has 3 rings (SSSR count). The third-order valence-corrected chi connectivity index (χ3v) is 3.86. The molecule has 2 aromatic carbocycles. The molecular formula is C21H19N3O2. The lowest BCUT2D eigenvalue weighted by Crippen LogP contribution is -2.09. The molecule has 1 N–H and O–H groups in total. The number of fused-ring (bicyclic) bond motifs is 1. The first kappa shape index (κ1) is 17.3. The van der Waals surface area contributed by atoms with Crippen molar-refractivity contribution in [3.05, 3.63) is 77.6 Å². The van der Waals surface area contributed by atoms with Crippen LogP contribution in [0.5, 0.6) is 5.75 Å². The van der Waals surface area contributed by atoms with E-state index in [0.717, 1.165) is 16.5 Å². The first-order valence-electron chi connectivity index (χ1n) is 8.20. The number of aromatic amines is 1. The van der Waals surface area contributed by atoms with Gasteiger partial charge in [0.2, 0.25) is 5.78 Å². The molecule has 0 unspecified atom stereocenters. The molecule has 26 heavy (non-hydrogen) atoms. The van der Waals surface area contributed by atoms with Gasteiger partial charge >= 0.3 is 0 Å². The fraction of sp³-hybridized carbons (Fsp3) is 0.143. The molecular weight excluding hydrogens is 326 g/mol. The SMILES string of the molecule is CN(C)/C=C(\C#N)C(=O)c1cc2c(OCc3ccccc3)cccc2[nH]1. The standard InChI is InChI=1S/C21H19N3O2/c1-24(2)13-16(12-22)21(25)19-11-17-18(23-19)9-6-10-20(17)26-14-15-7-4-3-5-8-15/h3-11,13,23H,14H2,1-2H3/b16-13+. The molecule has 0 aliphatic carbocycles. The van der Waals surface area contributed by atoms with Crippen LogP contribution in [-0.2, 0) is 6.61 Å². The van der Waals surface area contributed by atoms with Crippen LogP contribution < -0.4 is 4.74 Å². The minimum atomic E-state index is -0.341. The van der Waals surface area contributed by atoms with Gasteiger partial charge in [-0.3, -0.25) is 4.79 Å². The van der Waals surface area contributed by atoms with Crippen molar-refractivity contribution in [1.29, 1.82) is 5.26 Å². The van der Waals surface area contributed by atoms with Crippen molar-refractivity contribution in [2.45, 2.75) is 6.61 Å². The van der Waals surface area contributed by atoms with Crippen LogP contribution in [0.1, 0.15) is 16.1 Å². The fourth-order valence-electron chi connectivity index (χ4n) is 2.65. The van der Waals surface area contributed by atoms with Crippen molar-refractivity contribution in [2.24, 2.45) is 0 Å². The molecule has 0 aliphatic rings. The maximum absolute atomic E-state index is 12.6. The zero-order valence-corrected chi connectivity index (χ0v) is 14.7. The lowest BCUT2D eigenvalue weighted by molar-refractivity contribution is 0.103. The fourth-order valence-corrected chi connectivity index (χ4v) is 2.65. The van der Waals surface area contributed by atoms with E-state index < -0.39 is 0 Å². The van der Waals surface area contributed by atoms with Crippen LogP contribution >= 0.6 is 0 Å². The predicted molar refractivity (Wildman–Crippen MR) is 101 cm³/mol. The van der Waals surface area contributed by atoms with Crippen LogP contribution in [0.4, 0.5) is 0 Å². The topological polar surface area (TPSA) is 69.1 Å². The van der Waals surface area contributed by atoms with Crippen LogP contribution in [0.25, 0.3) is 10.9 Å². The van der Waals surface area contributed by atoms with Crippen molar-refractivity contribution in [3.63, 3.8) is 0 Å². The number of ether oxygens (including phenoxy) is 1. The summed E-state index contributed by atoms with van der Waals surface area (Å²) in [6.45, 7) is 0.443. The summed E-state index contributed by atoms with van der Waals surface area (Å²) in [6, 6.07) is 19.2. The summed E-state index contributed by atoms with van der Waals surface area (Å²) >= 11 is 0. The summed E-state index contributed by atoms with van der Waals surface area (Å²) in [4.78, 5) is 17.3. The minimum Gasteiger partial charge on any atom is -0.488 e. The zero-order chi connectivity index (χ0) is 18.5. The number of allylic oxidation sites excluding steroid dienone is 1. The average molecular weight is 345 g/mol. The Hall–Kier alpha value is -3.52. The highest BCUT2D eigenvalue weighted by molar-refractivity contribution is 6.12. The number of aromatic nitrogens is 1. The summed E-state index contributed by atoms with van der Waals surface area (Å²) < 4.78 is 5.93. The third-order valence-electron chi connectivity index (χ3n) is 3.86. The summed E-state index contributed by atoms with van der Waals surface area (Å²) in [5.41, 5.74) is 2.30. The number of hydrogen-bond donors (Lipinski definition) is 1. The molecule has 3 aromatic rings. The highest BCUT2D eigenvalue weighted by Gasteiger charge is 2.16. The van der Waals surface area contributed by atoms with Gasteiger partial charge in [-0.15, -0.1) is 0 Å². The number of nitrogens with one attached hydrogen (secondary N) is 1. The van der Waals surface area contributed by atoms with Gasteiger partial charge in [0.1, 0.15) is 24.0 Å². The van der Waals surface area contributed by atoms with E-state index in [1.165, 1.54) is 6.20 Å². The molecule has 0 saturated carbocycles. The van der Waals surface area contributed by atoms with Gasteiger partial charge in [-0.25, -0.2) is 0 Å². The molecule has 0 aliphatic heterocycles. The number of nitrogens with zero attached hydrogens (tertiary/aromatic N) is 2. The Morgan fingerprint density at radius 3 is 2.65 bits per heavy atom. The Morgan fingerprint density at radius 2 is 1.96 bits per heavy atom. The van der Waals surface area contributed by atoms with Crippen LogP contribution in [0.2, 0.25) is 0 Å². The molecule has 5 nitrogen and oxygen atoms in total. The van der Waals surface area contributed by atoms with E-state index >= 15 is 0 Å². The molecule has 0 amide bonds. The van der Waals surface area contributed by atoms with Gasteiger partial charge < -0.3 is 14.6 Å². The Bertz CT molecular complexity index is 995. The van der Waals surface area contributed by atoms with E-state index in [4.69, 9.17) is 4.74 Å². The Kier molecular flexibility index (Phi) is 5.04. The van der Waals surface area contributed by atoms with Crippen molar-refractivity contribution in [1.82, 2.24) is 9.88 Å². The number of carbonyl (C=O) groups is 1. The van der Waals surface area contributed by atoms with Gasteiger partial charge in [-0.05, 0) is 23.8 Å². The van der Waals surface area contributed by atoms with E-state index in [0.29, 0.717) is 18.1 Å². The van der Waals surface area contributed by atoms with Crippen molar-refractivity contribution in [2.75, 3.05) is 14.1 Å². The third kappa shape index (κ3) is 3.76. The Labute approximate surface area is 152 Å². The summed E-state index contributed by atoms with van der Waals surface area (Å²) in [5.74, 6) is 0.350. The molecule has 1 heterocycles. The number of ketones is 1. The minimum absolute atomic E-state index is 0.0771. The average Bonchev–Trinajstić information content (AvgIpc) is 3.09. The summed E-state index contributed by atoms with van der Waals surface area (Å²) in [5, 5.41) is 10.1. The number of hydrogen-bond acceptors (Lipinski definition) is 4. The molecule has 0 radical (unpaired) electrons. The highest BCUT2D eigenvalue weighted by Crippen LogP contribution is 2.28. The molecule has 0 saturated heterocycles. The first-order chi connectivity index (χ1) is 12.6. The molecule has 0 fully saturated rings. The predicted octanol–water partition coefficient (Wildman–Crippen LogP) is 3.90. The van der Waals surface area contributed by atoms with Gasteiger partial charge in [0, 0.05) is 31.2 Å². The molecule has 5 heteroatoms. The lowest BCUT2D eigenvalue weighted by atomic mass is 10.1. The number of benzene rings is 2. The first-order valence-corrected chi connectivity index (χ1v) is 8.20. The van der Waals surface area contributed by atoms with E-state index in [-0.39, 0.29) is 11.4 Å².